The summed E-state index contributed by atoms with van der Waals surface area (Å²) < 4.78 is 0. The molecule has 0 saturated heterocycles. The normalized spacial score (nSPS) is 10.3. The van der Waals surface area contributed by atoms with Crippen LogP contribution in [0.25, 0.3) is 0 Å². The van der Waals surface area contributed by atoms with Gasteiger partial charge in [-0.2, -0.15) is 0 Å². The second-order valence-corrected chi connectivity index (χ2v) is 4.91. The molecule has 6 heteroatoms. The Morgan fingerprint density at radius 2 is 1.47 bits per heavy atom. The van der Waals surface area contributed by atoms with Gasteiger partial charge in [0.2, 0.25) is 0 Å². The van der Waals surface area contributed by atoms with Crippen LogP contribution in [-0.4, -0.2) is 6.09 Å². The highest BCUT2D eigenvalue weighted by atomic mass is 35.5. The van der Waals surface area contributed by atoms with Crippen molar-refractivity contribution in [3.63, 3.8) is 0 Å². The summed E-state index contributed by atoms with van der Waals surface area (Å²) in [6.45, 7) is 0. The van der Waals surface area contributed by atoms with Crippen molar-refractivity contribution < 1.29 is 9.90 Å². The Hall–Kier alpha value is -1.42. The van der Waals surface area contributed by atoms with Crippen LogP contribution in [0.4, 0.5) is 16.2 Å². The van der Waals surface area contributed by atoms with Gasteiger partial charge in [0.1, 0.15) is 0 Å². The van der Waals surface area contributed by atoms with Gasteiger partial charge >= 0.3 is 6.09 Å². The van der Waals surface area contributed by atoms with Gasteiger partial charge in [-0.05, 0) is 24.3 Å². The van der Waals surface area contributed by atoms with E-state index in [9.17, 15) is 9.90 Å². The summed E-state index contributed by atoms with van der Waals surface area (Å²) in [6, 6.07) is 11.2. The van der Waals surface area contributed by atoms with Crippen LogP contribution in [-0.2, 0) is 5.11 Å². The molecule has 1 radical (unpaired) electrons. The molecule has 0 bridgehead atoms. The number of carbonyl (C=O) groups excluding carboxylic acids is 1. The van der Waals surface area contributed by atoms with Crippen LogP contribution in [0.1, 0.15) is 0 Å². The Balaban J connectivity index is 2.62. The molecule has 0 spiro atoms. The van der Waals surface area contributed by atoms with Crippen molar-refractivity contribution in [2.24, 2.45) is 0 Å². The summed E-state index contributed by atoms with van der Waals surface area (Å²) in [6.07, 6.45) is -1.43. The molecule has 0 heterocycles. The van der Waals surface area contributed by atoms with Crippen LogP contribution in [0.2, 0.25) is 15.1 Å². The van der Waals surface area contributed by atoms with Gasteiger partial charge in [0.15, 0.2) is 0 Å². The first-order chi connectivity index (χ1) is 9.00. The molecule has 3 nitrogen and oxygen atoms in total. The molecule has 1 amide bonds. The van der Waals surface area contributed by atoms with Crippen molar-refractivity contribution in [3.8, 4) is 0 Å². The SMILES string of the molecule is [O]C(=O)N(c1ccccc1)c1c(Cl)cc(Cl)cc1Cl. The van der Waals surface area contributed by atoms with E-state index in [0.29, 0.717) is 10.7 Å². The van der Waals surface area contributed by atoms with Crippen molar-refractivity contribution in [2.75, 3.05) is 4.90 Å². The van der Waals surface area contributed by atoms with Gasteiger partial charge in [-0.1, -0.05) is 53.0 Å². The van der Waals surface area contributed by atoms with E-state index in [-0.39, 0.29) is 15.7 Å². The third kappa shape index (κ3) is 2.95. The summed E-state index contributed by atoms with van der Waals surface area (Å²) in [5.74, 6) is 0. The Bertz CT molecular complexity index is 594. The van der Waals surface area contributed by atoms with E-state index in [1.807, 2.05) is 0 Å². The van der Waals surface area contributed by atoms with E-state index in [4.69, 9.17) is 34.8 Å². The van der Waals surface area contributed by atoms with Crippen LogP contribution >= 0.6 is 34.8 Å². The lowest BCUT2D eigenvalue weighted by atomic mass is 10.2. The first-order valence-corrected chi connectivity index (χ1v) is 6.35. The van der Waals surface area contributed by atoms with E-state index in [1.165, 1.54) is 12.1 Å². The second-order valence-electron chi connectivity index (χ2n) is 3.65. The van der Waals surface area contributed by atoms with Gasteiger partial charge in [0.05, 0.1) is 21.4 Å². The molecule has 0 atom stereocenters. The number of hydrogen-bond donors (Lipinski definition) is 0. The van der Waals surface area contributed by atoms with Crippen molar-refractivity contribution in [3.05, 3.63) is 57.5 Å². The zero-order valence-corrected chi connectivity index (χ0v) is 11.7. The average Bonchev–Trinajstić information content (AvgIpc) is 2.34. The first-order valence-electron chi connectivity index (χ1n) is 5.21. The summed E-state index contributed by atoms with van der Waals surface area (Å²) in [4.78, 5) is 12.3. The number of carbonyl (C=O) groups is 1. The fourth-order valence-corrected chi connectivity index (χ4v) is 2.64. The fourth-order valence-electron chi connectivity index (χ4n) is 1.65. The van der Waals surface area contributed by atoms with E-state index in [0.717, 1.165) is 4.90 Å². The summed E-state index contributed by atoms with van der Waals surface area (Å²) in [5.41, 5.74) is 0.507. The van der Waals surface area contributed by atoms with Crippen molar-refractivity contribution in [2.45, 2.75) is 0 Å². The lowest BCUT2D eigenvalue weighted by Crippen LogP contribution is -2.23. The molecule has 0 unspecified atom stereocenters. The topological polar surface area (TPSA) is 40.2 Å². The van der Waals surface area contributed by atoms with Crippen LogP contribution in [0.3, 0.4) is 0 Å². The van der Waals surface area contributed by atoms with E-state index < -0.39 is 6.09 Å². The predicted molar refractivity (Wildman–Crippen MR) is 76.1 cm³/mol. The van der Waals surface area contributed by atoms with Gasteiger partial charge < -0.3 is 0 Å². The van der Waals surface area contributed by atoms with Crippen LogP contribution < -0.4 is 4.90 Å². The molecule has 2 rings (SSSR count). The maximum Gasteiger partial charge on any atom is 0.462 e. The third-order valence-corrected chi connectivity index (χ3v) is 3.20. The third-order valence-electron chi connectivity index (χ3n) is 2.40. The largest absolute Gasteiger partial charge is 0.462 e. The molecule has 0 N–H and O–H groups in total. The lowest BCUT2D eigenvalue weighted by Gasteiger charge is -2.20. The van der Waals surface area contributed by atoms with Crippen LogP contribution in [0.15, 0.2) is 42.5 Å². The highest BCUT2D eigenvalue weighted by Gasteiger charge is 2.24. The van der Waals surface area contributed by atoms with E-state index >= 15 is 0 Å². The summed E-state index contributed by atoms with van der Waals surface area (Å²) in [7, 11) is 0. The summed E-state index contributed by atoms with van der Waals surface area (Å²) in [5, 5.41) is 11.9. The van der Waals surface area contributed by atoms with Gasteiger partial charge in [-0.3, -0.25) is 0 Å². The maximum absolute atomic E-state index is 11.4. The fraction of sp³-hybridized carbons (Fsp3) is 0. The van der Waals surface area contributed by atoms with Crippen molar-refractivity contribution in [1.29, 1.82) is 0 Å². The Labute approximate surface area is 124 Å². The molecule has 0 aromatic heterocycles. The van der Waals surface area contributed by atoms with Gasteiger partial charge in [0.25, 0.3) is 0 Å². The second kappa shape index (κ2) is 5.70. The highest BCUT2D eigenvalue weighted by Crippen LogP contribution is 2.40. The molecular weight excluding hydrogens is 309 g/mol. The molecule has 0 fully saturated rings. The standard InChI is InChI=1S/C13H7Cl3NO2/c14-8-6-10(15)12(11(16)7-8)17(13(18)19)9-4-2-1-3-5-9/h1-7H. The number of halogens is 3. The summed E-state index contributed by atoms with van der Waals surface area (Å²) >= 11 is 17.8. The van der Waals surface area contributed by atoms with E-state index in [1.54, 1.807) is 30.3 Å². The number of para-hydroxylation sites is 1. The van der Waals surface area contributed by atoms with Crippen LogP contribution in [0, 0.1) is 0 Å². The average molecular weight is 316 g/mol. The number of hydrogen-bond acceptors (Lipinski definition) is 1. The maximum atomic E-state index is 11.4. The lowest BCUT2D eigenvalue weighted by molar-refractivity contribution is 0.179. The minimum atomic E-state index is -1.43. The smallest absolute Gasteiger partial charge is 0.240 e. The van der Waals surface area contributed by atoms with Gasteiger partial charge in [-0.15, -0.1) is 0 Å². The minimum Gasteiger partial charge on any atom is -0.240 e. The number of anilines is 2. The molecule has 0 aliphatic rings. The number of rotatable bonds is 2. The Kier molecular flexibility index (Phi) is 4.20. The monoisotopic (exact) mass is 314 g/mol. The number of amides is 1. The van der Waals surface area contributed by atoms with Crippen molar-refractivity contribution >= 4 is 52.3 Å². The predicted octanol–water partition coefficient (Wildman–Crippen LogP) is 5.34. The number of nitrogens with zero attached hydrogens (tertiary/aromatic N) is 1. The molecule has 97 valence electrons. The minimum absolute atomic E-state index is 0.124. The van der Waals surface area contributed by atoms with Gasteiger partial charge in [0, 0.05) is 5.02 Å². The first kappa shape index (κ1) is 14.0. The van der Waals surface area contributed by atoms with Crippen LogP contribution in [0.5, 0.6) is 0 Å². The Morgan fingerprint density at radius 3 is 1.95 bits per heavy atom. The molecule has 2 aromatic rings. The highest BCUT2D eigenvalue weighted by molar-refractivity contribution is 6.42. The number of benzene rings is 2. The van der Waals surface area contributed by atoms with Gasteiger partial charge in [-0.25, -0.2) is 14.8 Å². The molecule has 0 aliphatic carbocycles. The molecular formula is C13H7Cl3NO2. The zero-order chi connectivity index (χ0) is 14.0. The molecule has 0 aliphatic heterocycles. The van der Waals surface area contributed by atoms with Crippen molar-refractivity contribution in [1.82, 2.24) is 0 Å². The molecule has 0 saturated carbocycles. The molecule has 19 heavy (non-hydrogen) atoms. The zero-order valence-electron chi connectivity index (χ0n) is 9.44. The molecule has 2 aromatic carbocycles. The quantitative estimate of drug-likeness (QED) is 0.737. The van der Waals surface area contributed by atoms with E-state index in [2.05, 4.69) is 0 Å². The Morgan fingerprint density at radius 1 is 0.947 bits per heavy atom.